The fourth-order valence-electron chi connectivity index (χ4n) is 5.84. The minimum Gasteiger partial charge on any atom is -0.426 e. The minimum absolute atomic E-state index is 0.0125. The standard InChI is InChI=1S/C26H32O7Si/c1-14(27)31-17-10-7-9-15-20(17)21(28)16-13-19-25(32-19)12-8-11-18(22(25)26(16,30)23(15)29)33-34(5,6)24(2,3)4/h7,9-10,13,18-19,22,30H,8,11-12H2,1-6H3/t18-,19-,22+,25-,26+/m1/s1. The van der Waals surface area contributed by atoms with E-state index in [1.54, 1.807) is 12.1 Å². The van der Waals surface area contributed by atoms with Crippen molar-refractivity contribution in [1.29, 1.82) is 0 Å². The lowest BCUT2D eigenvalue weighted by Gasteiger charge is -2.52. The highest BCUT2D eigenvalue weighted by atomic mass is 28.4. The topological polar surface area (TPSA) is 102 Å². The maximum atomic E-state index is 14.0. The highest BCUT2D eigenvalue weighted by Crippen LogP contribution is 2.63. The van der Waals surface area contributed by atoms with Gasteiger partial charge in [0.2, 0.25) is 0 Å². The Morgan fingerprint density at radius 1 is 1.24 bits per heavy atom. The number of ether oxygens (including phenoxy) is 2. The first-order chi connectivity index (χ1) is 15.7. The predicted octanol–water partition coefficient (Wildman–Crippen LogP) is 3.99. The summed E-state index contributed by atoms with van der Waals surface area (Å²) in [5, 5.41) is 12.2. The zero-order valence-corrected chi connectivity index (χ0v) is 21.6. The highest BCUT2D eigenvalue weighted by molar-refractivity contribution is 6.74. The van der Waals surface area contributed by atoms with Crippen molar-refractivity contribution >= 4 is 25.9 Å². The van der Waals surface area contributed by atoms with Crippen LogP contribution < -0.4 is 4.74 Å². The average Bonchev–Trinajstić information content (AvgIpc) is 3.41. The summed E-state index contributed by atoms with van der Waals surface area (Å²) in [4.78, 5) is 39.3. The van der Waals surface area contributed by atoms with Gasteiger partial charge in [0.15, 0.2) is 25.5 Å². The van der Waals surface area contributed by atoms with Crippen molar-refractivity contribution < 1.29 is 33.4 Å². The van der Waals surface area contributed by atoms with Gasteiger partial charge >= 0.3 is 5.97 Å². The zero-order valence-electron chi connectivity index (χ0n) is 20.6. The number of hydrogen-bond acceptors (Lipinski definition) is 7. The van der Waals surface area contributed by atoms with Gasteiger partial charge < -0.3 is 19.0 Å². The van der Waals surface area contributed by atoms with Crippen molar-refractivity contribution in [1.82, 2.24) is 0 Å². The van der Waals surface area contributed by atoms with E-state index >= 15 is 0 Å². The molecule has 4 aliphatic rings. The largest absolute Gasteiger partial charge is 0.426 e. The number of aliphatic hydroxyl groups is 1. The minimum atomic E-state index is -2.25. The third kappa shape index (κ3) is 3.08. The molecule has 5 rings (SSSR count). The molecule has 1 heterocycles. The maximum absolute atomic E-state index is 14.0. The lowest BCUT2D eigenvalue weighted by Crippen LogP contribution is -2.65. The van der Waals surface area contributed by atoms with Crippen LogP contribution in [0.5, 0.6) is 5.75 Å². The number of ketones is 2. The molecule has 1 spiro atoms. The molecular formula is C26H32O7Si. The van der Waals surface area contributed by atoms with Gasteiger partial charge in [0.25, 0.3) is 0 Å². The quantitative estimate of drug-likeness (QED) is 0.299. The van der Waals surface area contributed by atoms with Crippen molar-refractivity contribution in [2.45, 2.75) is 88.5 Å². The summed E-state index contributed by atoms with van der Waals surface area (Å²) in [7, 11) is -2.25. The molecule has 1 saturated carbocycles. The van der Waals surface area contributed by atoms with E-state index < -0.39 is 49.1 Å². The van der Waals surface area contributed by atoms with E-state index in [4.69, 9.17) is 13.9 Å². The van der Waals surface area contributed by atoms with Crippen molar-refractivity contribution in [3.63, 3.8) is 0 Å². The normalized spacial score (nSPS) is 34.3. The van der Waals surface area contributed by atoms with Crippen LogP contribution in [0.25, 0.3) is 0 Å². The summed E-state index contributed by atoms with van der Waals surface area (Å²) in [6.07, 6.45) is 3.10. The second-order valence-electron chi connectivity index (χ2n) is 11.6. The van der Waals surface area contributed by atoms with Crippen molar-refractivity contribution in [3.8, 4) is 5.75 Å². The van der Waals surface area contributed by atoms with E-state index in [9.17, 15) is 19.5 Å². The fraction of sp³-hybridized carbons (Fsp3) is 0.577. The Bertz CT molecular complexity index is 1150. The summed E-state index contributed by atoms with van der Waals surface area (Å²) in [5.41, 5.74) is -2.67. The molecule has 0 aromatic heterocycles. The number of Topliss-reactive ketones (excluding diaryl/α,β-unsaturated/α-hetero) is 2. The molecule has 5 atom stereocenters. The maximum Gasteiger partial charge on any atom is 0.308 e. The number of rotatable bonds is 3. The number of hydrogen-bond donors (Lipinski definition) is 1. The first-order valence-corrected chi connectivity index (χ1v) is 14.9. The first kappa shape index (κ1) is 23.6. The van der Waals surface area contributed by atoms with Crippen molar-refractivity contribution in [3.05, 3.63) is 41.0 Å². The summed E-state index contributed by atoms with van der Waals surface area (Å²) in [6, 6.07) is 4.55. The second-order valence-corrected chi connectivity index (χ2v) is 16.3. The molecule has 1 N–H and O–H groups in total. The van der Waals surface area contributed by atoms with Gasteiger partial charge in [-0.15, -0.1) is 0 Å². The number of fused-ring (bicyclic) bond motifs is 3. The van der Waals surface area contributed by atoms with Gasteiger partial charge in [-0.1, -0.05) is 32.9 Å². The molecule has 8 heteroatoms. The fourth-order valence-corrected chi connectivity index (χ4v) is 7.21. The number of benzene rings is 1. The number of epoxide rings is 1. The van der Waals surface area contributed by atoms with Crippen LogP contribution in [0.3, 0.4) is 0 Å². The molecule has 1 saturated heterocycles. The number of carbonyl (C=O) groups excluding carboxylic acids is 3. The summed E-state index contributed by atoms with van der Waals surface area (Å²) >= 11 is 0. The summed E-state index contributed by atoms with van der Waals surface area (Å²) in [6.45, 7) is 12.0. The summed E-state index contributed by atoms with van der Waals surface area (Å²) in [5.74, 6) is -2.32. The smallest absolute Gasteiger partial charge is 0.308 e. The number of esters is 1. The molecule has 1 aliphatic heterocycles. The second kappa shape index (κ2) is 7.19. The molecule has 3 aliphatic carbocycles. The van der Waals surface area contributed by atoms with Crippen molar-refractivity contribution in [2.75, 3.05) is 0 Å². The van der Waals surface area contributed by atoms with Crippen LogP contribution in [0.2, 0.25) is 18.1 Å². The Morgan fingerprint density at radius 3 is 2.59 bits per heavy atom. The SMILES string of the molecule is CC(=O)Oc1cccc2c1C(=O)C1=C[C@H]3O[C@]34CCC[C@@H](O[Si](C)(C)C(C)(C)C)[C@@H]4[C@]1(O)C2=O. The third-order valence-electron chi connectivity index (χ3n) is 8.50. The van der Waals surface area contributed by atoms with E-state index in [1.165, 1.54) is 19.1 Å². The molecule has 0 bridgehead atoms. The number of carbonyl (C=O) groups is 3. The summed E-state index contributed by atoms with van der Waals surface area (Å²) < 4.78 is 18.2. The van der Waals surface area contributed by atoms with Gasteiger partial charge in [-0.2, -0.15) is 0 Å². The van der Waals surface area contributed by atoms with Gasteiger partial charge in [0, 0.05) is 18.1 Å². The van der Waals surface area contributed by atoms with E-state index in [0.29, 0.717) is 12.8 Å². The third-order valence-corrected chi connectivity index (χ3v) is 13.0. The van der Waals surface area contributed by atoms with Gasteiger partial charge in [0.1, 0.15) is 17.5 Å². The Morgan fingerprint density at radius 2 is 1.94 bits per heavy atom. The lowest BCUT2D eigenvalue weighted by atomic mass is 9.56. The van der Waals surface area contributed by atoms with Crippen molar-refractivity contribution in [2.24, 2.45) is 5.92 Å². The van der Waals surface area contributed by atoms with E-state index in [-0.39, 0.29) is 33.6 Å². The molecule has 1 aromatic rings. The van der Waals surface area contributed by atoms with Crippen LogP contribution in [0.1, 0.15) is 67.7 Å². The molecule has 0 unspecified atom stereocenters. The lowest BCUT2D eigenvalue weighted by molar-refractivity contribution is -0.131. The molecule has 182 valence electrons. The van der Waals surface area contributed by atoms with Crippen LogP contribution in [0.4, 0.5) is 0 Å². The molecular weight excluding hydrogens is 452 g/mol. The van der Waals surface area contributed by atoms with E-state index in [0.717, 1.165) is 6.42 Å². The molecule has 2 fully saturated rings. The molecule has 7 nitrogen and oxygen atoms in total. The Hall–Kier alpha value is -2.13. The van der Waals surface area contributed by atoms with Gasteiger partial charge in [0.05, 0.1) is 17.6 Å². The van der Waals surface area contributed by atoms with Crippen LogP contribution in [0.15, 0.2) is 29.8 Å². The van der Waals surface area contributed by atoms with Crippen LogP contribution in [0, 0.1) is 5.92 Å². The van der Waals surface area contributed by atoms with Gasteiger partial charge in [-0.25, -0.2) is 0 Å². The van der Waals surface area contributed by atoms with E-state index in [2.05, 4.69) is 33.9 Å². The predicted molar refractivity (Wildman–Crippen MR) is 126 cm³/mol. The van der Waals surface area contributed by atoms with E-state index in [1.807, 2.05) is 0 Å². The van der Waals surface area contributed by atoms with Crippen LogP contribution in [-0.4, -0.2) is 54.4 Å². The Balaban J connectivity index is 1.65. The highest BCUT2D eigenvalue weighted by Gasteiger charge is 2.75. The van der Waals surface area contributed by atoms with Crippen LogP contribution in [-0.2, 0) is 14.0 Å². The molecule has 1 aromatic carbocycles. The van der Waals surface area contributed by atoms with Gasteiger partial charge in [-0.3, -0.25) is 14.4 Å². The monoisotopic (exact) mass is 484 g/mol. The molecule has 34 heavy (non-hydrogen) atoms. The Labute approximate surface area is 200 Å². The zero-order chi connectivity index (χ0) is 24.8. The Kier molecular flexibility index (Phi) is 4.99. The van der Waals surface area contributed by atoms with Crippen LogP contribution >= 0.6 is 0 Å². The molecule has 0 amide bonds. The average molecular weight is 485 g/mol. The van der Waals surface area contributed by atoms with Gasteiger partial charge in [-0.05, 0) is 49.5 Å². The first-order valence-electron chi connectivity index (χ1n) is 12.0. The molecule has 0 radical (unpaired) electrons.